The van der Waals surface area contributed by atoms with Gasteiger partial charge in [-0.15, -0.1) is 0 Å². The highest BCUT2D eigenvalue weighted by Crippen LogP contribution is 2.03. The van der Waals surface area contributed by atoms with Crippen LogP contribution in [0.4, 0.5) is 0 Å². The van der Waals surface area contributed by atoms with E-state index in [2.05, 4.69) is 27.9 Å². The summed E-state index contributed by atoms with van der Waals surface area (Å²) in [6.45, 7) is 7.21. The minimum Gasteiger partial charge on any atom is -1.00 e. The van der Waals surface area contributed by atoms with Crippen LogP contribution in [0, 0.1) is 0 Å². The van der Waals surface area contributed by atoms with Crippen LogP contribution in [0.15, 0.2) is 0 Å². The van der Waals surface area contributed by atoms with E-state index in [4.69, 9.17) is 0 Å². The van der Waals surface area contributed by atoms with E-state index < -0.39 is 0 Å². The van der Waals surface area contributed by atoms with Crippen LogP contribution in [-0.2, 0) is 0 Å². The van der Waals surface area contributed by atoms with Crippen molar-refractivity contribution < 1.29 is 21.5 Å². The number of halogens is 1. The third-order valence-corrected chi connectivity index (χ3v) is 2.23. The molecular weight excluding hydrogens is 214 g/mol. The van der Waals surface area contributed by atoms with Crippen molar-refractivity contribution >= 4 is 0 Å². The Morgan fingerprint density at radius 3 is 1.42 bits per heavy atom. The van der Waals surface area contributed by atoms with Crippen molar-refractivity contribution in [3.05, 3.63) is 0 Å². The van der Waals surface area contributed by atoms with Crippen molar-refractivity contribution in [3.8, 4) is 0 Å². The number of unbranched alkanes of at least 4 members (excludes halogenated alkanes) is 2. The van der Waals surface area contributed by atoms with Crippen LogP contribution in [0.3, 0.4) is 0 Å². The maximum atomic E-state index is 2.34. The van der Waals surface area contributed by atoms with E-state index in [0.717, 1.165) is 0 Å². The van der Waals surface area contributed by atoms with Crippen LogP contribution in [-0.4, -0.2) is 31.7 Å². The molecule has 0 amide bonds. The van der Waals surface area contributed by atoms with Gasteiger partial charge in [-0.05, 0) is 12.8 Å². The van der Waals surface area contributed by atoms with Gasteiger partial charge in [0.05, 0.1) is 27.2 Å². The van der Waals surface area contributed by atoms with Crippen molar-refractivity contribution in [1.29, 1.82) is 0 Å². The third kappa shape index (κ3) is 8.54. The van der Waals surface area contributed by atoms with E-state index in [0.29, 0.717) is 0 Å². The maximum absolute atomic E-state index is 2.34. The van der Waals surface area contributed by atoms with E-state index >= 15 is 0 Å². The molecule has 0 fully saturated rings. The second kappa shape index (κ2) is 8.06. The number of quaternary nitrogens is 1. The van der Waals surface area contributed by atoms with Gasteiger partial charge < -0.3 is 21.5 Å². The summed E-state index contributed by atoms with van der Waals surface area (Å²) in [6.07, 6.45) is 5.40. The molecule has 0 aliphatic carbocycles. The Morgan fingerprint density at radius 1 is 0.833 bits per heavy atom. The average Bonchev–Trinajstić information content (AvgIpc) is 1.97. The highest BCUT2D eigenvalue weighted by molar-refractivity contribution is 4.37. The lowest BCUT2D eigenvalue weighted by atomic mass is 10.2. The molecule has 0 aromatic heterocycles. The van der Waals surface area contributed by atoms with Crippen molar-refractivity contribution in [1.82, 2.24) is 0 Å². The van der Waals surface area contributed by atoms with Gasteiger partial charge in [0.1, 0.15) is 0 Å². The van der Waals surface area contributed by atoms with Crippen LogP contribution in [0.25, 0.3) is 0 Å². The Balaban J connectivity index is 0. The van der Waals surface area contributed by atoms with Gasteiger partial charge >= 0.3 is 0 Å². The van der Waals surface area contributed by atoms with Crippen LogP contribution in [0.2, 0.25) is 0 Å². The van der Waals surface area contributed by atoms with Gasteiger partial charge in [-0.1, -0.05) is 26.7 Å². The molecule has 12 heavy (non-hydrogen) atoms. The smallest absolute Gasteiger partial charge is 0.0782 e. The predicted molar refractivity (Wildman–Crippen MR) is 51.7 cm³/mol. The topological polar surface area (TPSA) is 0 Å². The molecule has 0 aliphatic heterocycles. The summed E-state index contributed by atoms with van der Waals surface area (Å²) in [6, 6.07) is 0. The SMILES string of the molecule is CCCC[N+](C)(C)CCCC.[Br-]. The fourth-order valence-corrected chi connectivity index (χ4v) is 1.28. The maximum Gasteiger partial charge on any atom is 0.0782 e. The van der Waals surface area contributed by atoms with Crippen LogP contribution in [0.1, 0.15) is 39.5 Å². The van der Waals surface area contributed by atoms with Gasteiger partial charge in [-0.3, -0.25) is 0 Å². The Hall–Kier alpha value is 0.440. The Labute approximate surface area is 88.5 Å². The molecular formula is C10H24BrN. The molecule has 0 aliphatic rings. The fourth-order valence-electron chi connectivity index (χ4n) is 1.28. The zero-order valence-electron chi connectivity index (χ0n) is 9.07. The normalized spacial score (nSPS) is 11.0. The lowest BCUT2D eigenvalue weighted by Gasteiger charge is -2.29. The first-order valence-corrected chi connectivity index (χ1v) is 4.94. The summed E-state index contributed by atoms with van der Waals surface area (Å²) >= 11 is 0. The van der Waals surface area contributed by atoms with Crippen molar-refractivity contribution in [3.63, 3.8) is 0 Å². The molecule has 0 rings (SSSR count). The van der Waals surface area contributed by atoms with E-state index in [1.165, 1.54) is 43.3 Å². The summed E-state index contributed by atoms with van der Waals surface area (Å²) in [4.78, 5) is 0. The second-order valence-corrected chi connectivity index (χ2v) is 4.09. The number of nitrogens with zero attached hydrogens (tertiary/aromatic N) is 1. The number of hydrogen-bond donors (Lipinski definition) is 0. The number of hydrogen-bond acceptors (Lipinski definition) is 0. The van der Waals surface area contributed by atoms with Gasteiger partial charge in [0, 0.05) is 0 Å². The molecule has 0 unspecified atom stereocenters. The van der Waals surface area contributed by atoms with Crippen LogP contribution < -0.4 is 17.0 Å². The quantitative estimate of drug-likeness (QED) is 0.556. The molecule has 0 aromatic carbocycles. The Kier molecular flexibility index (Phi) is 10.0. The summed E-state index contributed by atoms with van der Waals surface area (Å²) in [5, 5.41) is 0. The number of rotatable bonds is 6. The largest absolute Gasteiger partial charge is 1.00 e. The van der Waals surface area contributed by atoms with Crippen molar-refractivity contribution in [2.45, 2.75) is 39.5 Å². The molecule has 0 heterocycles. The molecule has 0 saturated carbocycles. The summed E-state index contributed by atoms with van der Waals surface area (Å²) < 4.78 is 1.21. The zero-order chi connectivity index (χ0) is 8.74. The van der Waals surface area contributed by atoms with Gasteiger partial charge in [-0.2, -0.15) is 0 Å². The molecule has 0 spiro atoms. The molecule has 0 atom stereocenters. The first-order valence-electron chi connectivity index (χ1n) is 4.94. The lowest BCUT2D eigenvalue weighted by molar-refractivity contribution is -0.890. The first-order chi connectivity index (χ1) is 5.12. The molecule has 0 aromatic rings. The standard InChI is InChI=1S/C10H24N.BrH/c1-5-7-9-11(3,4)10-8-6-2;/h5-10H2,1-4H3;1H/q+1;/p-1. The van der Waals surface area contributed by atoms with Crippen molar-refractivity contribution in [2.75, 3.05) is 27.2 Å². The minimum absolute atomic E-state index is 0. The molecule has 0 radical (unpaired) electrons. The first kappa shape index (κ1) is 14.9. The highest BCUT2D eigenvalue weighted by Gasteiger charge is 2.11. The zero-order valence-corrected chi connectivity index (χ0v) is 10.7. The van der Waals surface area contributed by atoms with Gasteiger partial charge in [0.25, 0.3) is 0 Å². The molecule has 0 bridgehead atoms. The van der Waals surface area contributed by atoms with E-state index in [9.17, 15) is 0 Å². The van der Waals surface area contributed by atoms with Crippen LogP contribution in [0.5, 0.6) is 0 Å². The van der Waals surface area contributed by atoms with Crippen LogP contribution >= 0.6 is 0 Å². The van der Waals surface area contributed by atoms with E-state index in [1.807, 2.05) is 0 Å². The minimum atomic E-state index is 0. The second-order valence-electron chi connectivity index (χ2n) is 4.09. The summed E-state index contributed by atoms with van der Waals surface area (Å²) in [5.74, 6) is 0. The van der Waals surface area contributed by atoms with Gasteiger partial charge in [-0.25, -0.2) is 0 Å². The van der Waals surface area contributed by atoms with Gasteiger partial charge in [0.15, 0.2) is 0 Å². The molecule has 0 saturated heterocycles. The third-order valence-electron chi connectivity index (χ3n) is 2.23. The summed E-state index contributed by atoms with van der Waals surface area (Å²) in [7, 11) is 4.68. The lowest BCUT2D eigenvalue weighted by Crippen LogP contribution is -3.00. The van der Waals surface area contributed by atoms with E-state index in [-0.39, 0.29) is 17.0 Å². The fraction of sp³-hybridized carbons (Fsp3) is 1.00. The molecule has 0 N–H and O–H groups in total. The van der Waals surface area contributed by atoms with Crippen molar-refractivity contribution in [2.24, 2.45) is 0 Å². The molecule has 2 heteroatoms. The average molecular weight is 238 g/mol. The molecule has 1 nitrogen and oxygen atoms in total. The monoisotopic (exact) mass is 237 g/mol. The Bertz CT molecular complexity index is 81.8. The van der Waals surface area contributed by atoms with Gasteiger partial charge in [0.2, 0.25) is 0 Å². The van der Waals surface area contributed by atoms with E-state index in [1.54, 1.807) is 0 Å². The highest BCUT2D eigenvalue weighted by atomic mass is 79.9. The summed E-state index contributed by atoms with van der Waals surface area (Å²) in [5.41, 5.74) is 0. The Morgan fingerprint density at radius 2 is 1.17 bits per heavy atom. The predicted octanol–water partition coefficient (Wildman–Crippen LogP) is -0.333. The molecule has 76 valence electrons.